The zero-order valence-corrected chi connectivity index (χ0v) is 9.33. The minimum Gasteiger partial charge on any atom is -0.383 e. The van der Waals surface area contributed by atoms with Gasteiger partial charge in [-0.1, -0.05) is 0 Å². The van der Waals surface area contributed by atoms with Gasteiger partial charge in [0, 0.05) is 30.4 Å². The molecule has 0 saturated carbocycles. The molecule has 0 aliphatic rings. The molecule has 3 aromatic heterocycles. The molecule has 0 saturated heterocycles. The molecular weight excluding hydrogens is 240 g/mol. The predicted octanol–water partition coefficient (Wildman–Crippen LogP) is 1.47. The van der Waals surface area contributed by atoms with Gasteiger partial charge in [0.15, 0.2) is 17.1 Å². The number of rotatable bonds is 1. The lowest BCUT2D eigenvalue weighted by Crippen LogP contribution is -1.96. The van der Waals surface area contributed by atoms with Gasteiger partial charge in [0.25, 0.3) is 0 Å². The Balaban J connectivity index is 2.32. The second kappa shape index (κ2) is 3.67. The van der Waals surface area contributed by atoms with Crippen molar-refractivity contribution < 1.29 is 0 Å². The molecule has 7 heteroatoms. The van der Waals surface area contributed by atoms with Crippen molar-refractivity contribution in [2.75, 3.05) is 5.73 Å². The second-order valence-electron chi connectivity index (χ2n) is 3.36. The van der Waals surface area contributed by atoms with E-state index in [4.69, 9.17) is 17.5 Å². The van der Waals surface area contributed by atoms with Gasteiger partial charge in [-0.15, -0.1) is 0 Å². The maximum atomic E-state index is 6.13. The lowest BCUT2D eigenvalue weighted by atomic mass is 10.2. The lowest BCUT2D eigenvalue weighted by Gasteiger charge is -2.01. The molecule has 0 bridgehead atoms. The zero-order valence-electron chi connectivity index (χ0n) is 8.58. The number of pyridine rings is 1. The Hall–Kier alpha value is -2.21. The standard InChI is InChI=1S/C10H7ClN6/c11-17-9(6-2-1-3-13-7(6)12)16-8-10(17)15-5-4-14-8/h1-5H,(H2,12,13). The molecule has 0 aromatic carbocycles. The largest absolute Gasteiger partial charge is 0.383 e. The number of hydrogen-bond acceptors (Lipinski definition) is 5. The van der Waals surface area contributed by atoms with E-state index in [1.165, 1.54) is 4.09 Å². The van der Waals surface area contributed by atoms with E-state index in [2.05, 4.69) is 19.9 Å². The van der Waals surface area contributed by atoms with Crippen LogP contribution in [0.3, 0.4) is 0 Å². The van der Waals surface area contributed by atoms with Crippen LogP contribution in [0.2, 0.25) is 0 Å². The first-order valence-electron chi connectivity index (χ1n) is 4.84. The van der Waals surface area contributed by atoms with Crippen molar-refractivity contribution in [3.05, 3.63) is 30.7 Å². The van der Waals surface area contributed by atoms with Crippen LogP contribution in [0.5, 0.6) is 0 Å². The highest BCUT2D eigenvalue weighted by Gasteiger charge is 2.15. The second-order valence-corrected chi connectivity index (χ2v) is 3.69. The van der Waals surface area contributed by atoms with Crippen LogP contribution < -0.4 is 5.73 Å². The van der Waals surface area contributed by atoms with Crippen LogP contribution in [-0.2, 0) is 0 Å². The van der Waals surface area contributed by atoms with Crippen LogP contribution in [-0.4, -0.2) is 24.0 Å². The SMILES string of the molecule is Nc1ncccc1-c1nc2nccnc2n1Cl. The molecular formula is C10H7ClN6. The van der Waals surface area contributed by atoms with Gasteiger partial charge in [-0.2, -0.15) is 0 Å². The molecule has 0 spiro atoms. The third kappa shape index (κ3) is 1.50. The summed E-state index contributed by atoms with van der Waals surface area (Å²) < 4.78 is 1.33. The average Bonchev–Trinajstić information content (AvgIpc) is 2.68. The number of hydrogen-bond donors (Lipinski definition) is 1. The van der Waals surface area contributed by atoms with Gasteiger partial charge in [-0.25, -0.2) is 24.0 Å². The molecule has 0 radical (unpaired) electrons. The van der Waals surface area contributed by atoms with Gasteiger partial charge in [0.1, 0.15) is 5.82 Å². The number of nitrogens with two attached hydrogens (primary N) is 1. The Kier molecular flexibility index (Phi) is 2.15. The Morgan fingerprint density at radius 2 is 1.94 bits per heavy atom. The van der Waals surface area contributed by atoms with Crippen molar-refractivity contribution in [2.24, 2.45) is 0 Å². The minimum absolute atomic E-state index is 0.365. The molecule has 2 N–H and O–H groups in total. The molecule has 17 heavy (non-hydrogen) atoms. The molecule has 0 fully saturated rings. The smallest absolute Gasteiger partial charge is 0.199 e. The number of halogens is 1. The molecule has 3 rings (SSSR count). The van der Waals surface area contributed by atoms with Crippen LogP contribution in [0, 0.1) is 0 Å². The van der Waals surface area contributed by atoms with E-state index >= 15 is 0 Å². The summed E-state index contributed by atoms with van der Waals surface area (Å²) in [4.78, 5) is 16.5. The first-order valence-corrected chi connectivity index (χ1v) is 5.17. The Morgan fingerprint density at radius 1 is 1.12 bits per heavy atom. The number of imidazole rings is 1. The maximum Gasteiger partial charge on any atom is 0.199 e. The lowest BCUT2D eigenvalue weighted by molar-refractivity contribution is 1.20. The summed E-state index contributed by atoms with van der Waals surface area (Å²) in [5, 5.41) is 0. The zero-order chi connectivity index (χ0) is 11.8. The Morgan fingerprint density at radius 3 is 2.71 bits per heavy atom. The van der Waals surface area contributed by atoms with Crippen LogP contribution in [0.4, 0.5) is 5.82 Å². The van der Waals surface area contributed by atoms with E-state index in [1.807, 2.05) is 0 Å². The molecule has 6 nitrogen and oxygen atoms in total. The first kappa shape index (κ1) is 9.98. The summed E-state index contributed by atoms with van der Waals surface area (Å²) in [5.41, 5.74) is 7.40. The normalized spacial score (nSPS) is 10.9. The van der Waals surface area contributed by atoms with Crippen molar-refractivity contribution >= 4 is 28.9 Å². The summed E-state index contributed by atoms with van der Waals surface area (Å²) in [6, 6.07) is 3.56. The van der Waals surface area contributed by atoms with Gasteiger partial charge >= 0.3 is 0 Å². The molecule has 0 aliphatic heterocycles. The van der Waals surface area contributed by atoms with Gasteiger partial charge < -0.3 is 5.73 Å². The number of anilines is 1. The van der Waals surface area contributed by atoms with Crippen molar-refractivity contribution in [3.8, 4) is 11.4 Å². The highest BCUT2D eigenvalue weighted by Crippen LogP contribution is 2.26. The summed E-state index contributed by atoms with van der Waals surface area (Å²) in [6.07, 6.45) is 4.72. The van der Waals surface area contributed by atoms with Gasteiger partial charge in [0.05, 0.1) is 5.56 Å². The third-order valence-electron chi connectivity index (χ3n) is 2.32. The van der Waals surface area contributed by atoms with Gasteiger partial charge in [-0.05, 0) is 12.1 Å². The predicted molar refractivity (Wildman–Crippen MR) is 64.2 cm³/mol. The van der Waals surface area contributed by atoms with Gasteiger partial charge in [-0.3, -0.25) is 0 Å². The van der Waals surface area contributed by atoms with Crippen molar-refractivity contribution in [1.82, 2.24) is 24.0 Å². The summed E-state index contributed by atoms with van der Waals surface area (Å²) >= 11 is 6.13. The molecule has 3 heterocycles. The van der Waals surface area contributed by atoms with Crippen LogP contribution >= 0.6 is 11.8 Å². The number of nitrogens with zero attached hydrogens (tertiary/aromatic N) is 5. The molecule has 0 aliphatic carbocycles. The van der Waals surface area contributed by atoms with E-state index < -0.39 is 0 Å². The van der Waals surface area contributed by atoms with E-state index in [0.717, 1.165) is 0 Å². The van der Waals surface area contributed by atoms with Crippen LogP contribution in [0.25, 0.3) is 22.7 Å². The Labute approximate surface area is 101 Å². The van der Waals surface area contributed by atoms with Gasteiger partial charge in [0.2, 0.25) is 0 Å². The van der Waals surface area contributed by atoms with Crippen molar-refractivity contribution in [2.45, 2.75) is 0 Å². The third-order valence-corrected chi connectivity index (χ3v) is 2.64. The van der Waals surface area contributed by atoms with E-state index in [0.29, 0.717) is 28.5 Å². The average molecular weight is 247 g/mol. The van der Waals surface area contributed by atoms with Crippen molar-refractivity contribution in [3.63, 3.8) is 0 Å². The fourth-order valence-electron chi connectivity index (χ4n) is 1.56. The number of aromatic nitrogens is 5. The quantitative estimate of drug-likeness (QED) is 0.703. The topological polar surface area (TPSA) is 82.5 Å². The Bertz CT molecular complexity index is 692. The van der Waals surface area contributed by atoms with E-state index in [1.54, 1.807) is 30.7 Å². The fraction of sp³-hybridized carbons (Fsp3) is 0. The summed E-state index contributed by atoms with van der Waals surface area (Å²) in [6.45, 7) is 0. The summed E-state index contributed by atoms with van der Waals surface area (Å²) in [7, 11) is 0. The fourth-order valence-corrected chi connectivity index (χ4v) is 1.81. The molecule has 0 unspecified atom stereocenters. The summed E-state index contributed by atoms with van der Waals surface area (Å²) in [5.74, 6) is 0.850. The number of nitrogen functional groups attached to an aromatic ring is 1. The minimum atomic E-state index is 0.365. The molecule has 0 atom stereocenters. The van der Waals surface area contributed by atoms with Crippen LogP contribution in [0.15, 0.2) is 30.7 Å². The number of fused-ring (bicyclic) bond motifs is 1. The molecule has 84 valence electrons. The highest BCUT2D eigenvalue weighted by molar-refractivity contribution is 6.20. The maximum absolute atomic E-state index is 6.13. The van der Waals surface area contributed by atoms with Crippen LogP contribution in [0.1, 0.15) is 0 Å². The van der Waals surface area contributed by atoms with Crippen molar-refractivity contribution in [1.29, 1.82) is 0 Å². The van der Waals surface area contributed by atoms with E-state index in [-0.39, 0.29) is 0 Å². The first-order chi connectivity index (χ1) is 8.27. The highest BCUT2D eigenvalue weighted by atomic mass is 35.5. The monoisotopic (exact) mass is 246 g/mol. The van der Waals surface area contributed by atoms with E-state index in [9.17, 15) is 0 Å². The molecule has 0 amide bonds. The molecule has 3 aromatic rings.